The highest BCUT2D eigenvalue weighted by atomic mass is 16.6. The number of ether oxygens (including phenoxy) is 2. The first kappa shape index (κ1) is 16.6. The van der Waals surface area contributed by atoms with Gasteiger partial charge in [0, 0.05) is 25.2 Å². The number of hydrogen-bond donors (Lipinski definition) is 1. The zero-order valence-electron chi connectivity index (χ0n) is 14.1. The van der Waals surface area contributed by atoms with Crippen molar-refractivity contribution in [1.29, 1.82) is 0 Å². The molecular weight excluding hydrogens is 280 g/mol. The summed E-state index contributed by atoms with van der Waals surface area (Å²) in [5.41, 5.74) is 0.767. The van der Waals surface area contributed by atoms with Crippen LogP contribution in [-0.4, -0.2) is 42.8 Å². The fourth-order valence-corrected chi connectivity index (χ4v) is 2.40. The highest BCUT2D eigenvalue weighted by molar-refractivity contribution is 5.69. The normalized spacial score (nSPS) is 16.9. The molecule has 1 aromatic rings. The average molecular weight is 306 g/mol. The molecule has 1 N–H and O–H groups in total. The van der Waals surface area contributed by atoms with Gasteiger partial charge in [0.05, 0.1) is 7.11 Å². The Morgan fingerprint density at radius 3 is 2.36 bits per heavy atom. The van der Waals surface area contributed by atoms with Gasteiger partial charge in [0.2, 0.25) is 0 Å². The number of methoxy groups -OCH3 is 1. The molecule has 0 radical (unpaired) electrons. The van der Waals surface area contributed by atoms with E-state index in [1.807, 2.05) is 32.9 Å². The van der Waals surface area contributed by atoms with Crippen LogP contribution in [0, 0.1) is 0 Å². The molecule has 1 saturated heterocycles. The van der Waals surface area contributed by atoms with E-state index in [0.29, 0.717) is 19.1 Å². The van der Waals surface area contributed by atoms with Gasteiger partial charge in [-0.15, -0.1) is 0 Å². The summed E-state index contributed by atoms with van der Waals surface area (Å²) in [5, 5.41) is 3.53. The second kappa shape index (κ2) is 6.57. The lowest BCUT2D eigenvalue weighted by molar-refractivity contribution is 0.00434. The molecule has 22 heavy (non-hydrogen) atoms. The minimum Gasteiger partial charge on any atom is -0.497 e. The van der Waals surface area contributed by atoms with Gasteiger partial charge in [-0.25, -0.2) is 4.79 Å². The van der Waals surface area contributed by atoms with Gasteiger partial charge in [-0.1, -0.05) is 12.1 Å². The van der Waals surface area contributed by atoms with Gasteiger partial charge in [-0.05, 0) is 45.4 Å². The highest BCUT2D eigenvalue weighted by Gasteiger charge is 2.34. The van der Waals surface area contributed by atoms with Crippen LogP contribution in [0.2, 0.25) is 0 Å². The minimum absolute atomic E-state index is 0.233. The zero-order chi connectivity index (χ0) is 16.3. The molecular formula is C17H26N2O3. The predicted octanol–water partition coefficient (Wildman–Crippen LogP) is 2.97. The number of hydrogen-bond acceptors (Lipinski definition) is 4. The summed E-state index contributed by atoms with van der Waals surface area (Å²) in [6.07, 6.45) is -0.234. The van der Waals surface area contributed by atoms with Gasteiger partial charge in [-0.2, -0.15) is 0 Å². The van der Waals surface area contributed by atoms with E-state index in [1.165, 1.54) is 5.56 Å². The van der Waals surface area contributed by atoms with Crippen molar-refractivity contribution in [3.8, 4) is 5.75 Å². The van der Waals surface area contributed by atoms with Crippen LogP contribution >= 0.6 is 0 Å². The van der Waals surface area contributed by atoms with Crippen molar-refractivity contribution in [3.05, 3.63) is 29.8 Å². The topological polar surface area (TPSA) is 50.8 Å². The Morgan fingerprint density at radius 2 is 1.86 bits per heavy atom. The van der Waals surface area contributed by atoms with Crippen LogP contribution in [0.15, 0.2) is 24.3 Å². The van der Waals surface area contributed by atoms with Crippen LogP contribution < -0.4 is 10.1 Å². The van der Waals surface area contributed by atoms with Gasteiger partial charge >= 0.3 is 6.09 Å². The standard InChI is InChI=1S/C17H26N2O3/c1-12(13-6-8-15(21-5)9-7-13)18-14-10-19(11-14)16(20)22-17(2,3)4/h6-9,12,14,18H,10-11H2,1-5H3/t12-/m0/s1. The molecule has 0 bridgehead atoms. The number of nitrogens with one attached hydrogen (secondary N) is 1. The molecule has 1 fully saturated rings. The third kappa shape index (κ3) is 4.37. The number of carbonyl (C=O) groups excluding carboxylic acids is 1. The van der Waals surface area contributed by atoms with E-state index in [4.69, 9.17) is 9.47 Å². The minimum atomic E-state index is -0.439. The van der Waals surface area contributed by atoms with Gasteiger partial charge in [0.1, 0.15) is 11.4 Å². The predicted molar refractivity (Wildman–Crippen MR) is 86.1 cm³/mol. The van der Waals surface area contributed by atoms with Crippen LogP contribution in [0.5, 0.6) is 5.75 Å². The summed E-state index contributed by atoms with van der Waals surface area (Å²) in [6.45, 7) is 9.15. The molecule has 1 amide bonds. The van der Waals surface area contributed by atoms with Crippen molar-refractivity contribution < 1.29 is 14.3 Å². The molecule has 1 atom stereocenters. The highest BCUT2D eigenvalue weighted by Crippen LogP contribution is 2.20. The summed E-state index contributed by atoms with van der Waals surface area (Å²) < 4.78 is 10.5. The van der Waals surface area contributed by atoms with Gasteiger partial charge < -0.3 is 19.7 Å². The molecule has 0 unspecified atom stereocenters. The van der Waals surface area contributed by atoms with Crippen molar-refractivity contribution >= 4 is 6.09 Å². The number of rotatable bonds is 4. The van der Waals surface area contributed by atoms with Gasteiger partial charge in [0.25, 0.3) is 0 Å². The summed E-state index contributed by atoms with van der Waals surface area (Å²) in [6, 6.07) is 8.57. The average Bonchev–Trinajstić information content (AvgIpc) is 2.40. The summed E-state index contributed by atoms with van der Waals surface area (Å²) in [7, 11) is 1.66. The van der Waals surface area contributed by atoms with E-state index in [2.05, 4.69) is 24.4 Å². The Balaban J connectivity index is 1.78. The largest absolute Gasteiger partial charge is 0.497 e. The van der Waals surface area contributed by atoms with E-state index in [0.717, 1.165) is 5.75 Å². The van der Waals surface area contributed by atoms with Crippen molar-refractivity contribution in [2.45, 2.75) is 45.4 Å². The molecule has 5 heteroatoms. The number of carbonyl (C=O) groups is 1. The van der Waals surface area contributed by atoms with Crippen molar-refractivity contribution in [2.75, 3.05) is 20.2 Å². The molecule has 0 saturated carbocycles. The van der Waals surface area contributed by atoms with Crippen LogP contribution in [0.3, 0.4) is 0 Å². The first-order valence-corrected chi connectivity index (χ1v) is 7.66. The number of likely N-dealkylation sites (tertiary alicyclic amines) is 1. The van der Waals surface area contributed by atoms with E-state index in [-0.39, 0.29) is 12.1 Å². The summed E-state index contributed by atoms with van der Waals surface area (Å²) >= 11 is 0. The summed E-state index contributed by atoms with van der Waals surface area (Å²) in [4.78, 5) is 13.6. The van der Waals surface area contributed by atoms with E-state index >= 15 is 0 Å². The van der Waals surface area contributed by atoms with E-state index in [9.17, 15) is 4.79 Å². The van der Waals surface area contributed by atoms with Crippen LogP contribution in [0.4, 0.5) is 4.79 Å². The first-order chi connectivity index (χ1) is 10.3. The molecule has 1 aliphatic heterocycles. The zero-order valence-corrected chi connectivity index (χ0v) is 14.1. The molecule has 122 valence electrons. The molecule has 1 heterocycles. The Labute approximate surface area is 132 Å². The third-order valence-corrected chi connectivity index (χ3v) is 3.63. The molecule has 0 aliphatic carbocycles. The maximum Gasteiger partial charge on any atom is 0.410 e. The van der Waals surface area contributed by atoms with Gasteiger partial charge in [-0.3, -0.25) is 0 Å². The van der Waals surface area contributed by atoms with Crippen LogP contribution in [0.1, 0.15) is 39.3 Å². The molecule has 0 spiro atoms. The second-order valence-corrected chi connectivity index (χ2v) is 6.74. The smallest absolute Gasteiger partial charge is 0.410 e. The first-order valence-electron chi connectivity index (χ1n) is 7.66. The van der Waals surface area contributed by atoms with Gasteiger partial charge in [0.15, 0.2) is 0 Å². The fourth-order valence-electron chi connectivity index (χ4n) is 2.40. The number of amides is 1. The van der Waals surface area contributed by atoms with Crippen molar-refractivity contribution in [3.63, 3.8) is 0 Å². The van der Waals surface area contributed by atoms with Crippen LogP contribution in [0.25, 0.3) is 0 Å². The Kier molecular flexibility index (Phi) is 4.96. The fraction of sp³-hybridized carbons (Fsp3) is 0.588. The molecule has 1 aliphatic rings. The maximum atomic E-state index is 11.9. The van der Waals surface area contributed by atoms with E-state index in [1.54, 1.807) is 12.0 Å². The summed E-state index contributed by atoms with van der Waals surface area (Å²) in [5.74, 6) is 0.857. The monoisotopic (exact) mass is 306 g/mol. The lowest BCUT2D eigenvalue weighted by Crippen LogP contribution is -2.60. The SMILES string of the molecule is COc1ccc([C@H](C)NC2CN(C(=O)OC(C)(C)C)C2)cc1. The van der Waals surface area contributed by atoms with Crippen molar-refractivity contribution in [1.82, 2.24) is 10.2 Å². The quantitative estimate of drug-likeness (QED) is 0.929. The molecule has 0 aromatic heterocycles. The maximum absolute atomic E-state index is 11.9. The van der Waals surface area contributed by atoms with Crippen LogP contribution in [-0.2, 0) is 4.74 Å². The van der Waals surface area contributed by atoms with Crippen molar-refractivity contribution in [2.24, 2.45) is 0 Å². The molecule has 1 aromatic carbocycles. The Hall–Kier alpha value is -1.75. The Morgan fingerprint density at radius 1 is 1.27 bits per heavy atom. The molecule has 2 rings (SSSR count). The molecule has 5 nitrogen and oxygen atoms in total. The number of nitrogens with zero attached hydrogens (tertiary/aromatic N) is 1. The van der Waals surface area contributed by atoms with E-state index < -0.39 is 5.60 Å². The lowest BCUT2D eigenvalue weighted by atomic mass is 10.0. The second-order valence-electron chi connectivity index (χ2n) is 6.74. The lowest BCUT2D eigenvalue weighted by Gasteiger charge is -2.41. The number of benzene rings is 1. The Bertz CT molecular complexity index is 502. The third-order valence-electron chi connectivity index (χ3n) is 3.63.